The Hall–Kier alpha value is -1.74. The van der Waals surface area contributed by atoms with Gasteiger partial charge in [0.15, 0.2) is 9.79 Å². The van der Waals surface area contributed by atoms with Crippen molar-refractivity contribution in [2.45, 2.75) is 93.3 Å². The Labute approximate surface area is 179 Å². The molecular weight excluding hydrogens is 376 g/mol. The fraction of sp³-hybridized carbons (Fsp3) is 0.500. The second kappa shape index (κ2) is 8.95. The Kier molecular flexibility index (Phi) is 6.78. The SMILES string of the molecule is CCC1(OC(=O)C(C)(C)[S+](c2ccccc2C)c2ccccc2C)CCCCC1. The predicted octanol–water partition coefficient (Wildman–Crippen LogP) is 6.77. The van der Waals surface area contributed by atoms with Gasteiger partial charge in [-0.25, -0.2) is 4.79 Å². The molecule has 29 heavy (non-hydrogen) atoms. The van der Waals surface area contributed by atoms with E-state index in [4.69, 9.17) is 4.74 Å². The maximum absolute atomic E-state index is 13.7. The minimum absolute atomic E-state index is 0.0592. The number of esters is 1. The van der Waals surface area contributed by atoms with E-state index in [0.717, 1.165) is 32.1 Å². The van der Waals surface area contributed by atoms with Crippen molar-refractivity contribution in [1.29, 1.82) is 0 Å². The van der Waals surface area contributed by atoms with Crippen LogP contribution in [0.4, 0.5) is 0 Å². The molecule has 0 saturated heterocycles. The van der Waals surface area contributed by atoms with Crippen LogP contribution in [0, 0.1) is 13.8 Å². The molecule has 2 aromatic carbocycles. The van der Waals surface area contributed by atoms with Gasteiger partial charge in [-0.15, -0.1) is 0 Å². The van der Waals surface area contributed by atoms with Crippen molar-refractivity contribution in [3.63, 3.8) is 0 Å². The Balaban J connectivity index is 2.03. The van der Waals surface area contributed by atoms with E-state index < -0.39 is 15.6 Å². The van der Waals surface area contributed by atoms with E-state index in [1.54, 1.807) is 0 Å². The van der Waals surface area contributed by atoms with Crippen LogP contribution in [-0.4, -0.2) is 16.3 Å². The molecule has 1 fully saturated rings. The summed E-state index contributed by atoms with van der Waals surface area (Å²) in [5.41, 5.74) is 2.17. The molecule has 0 atom stereocenters. The molecule has 0 aliphatic heterocycles. The predicted molar refractivity (Wildman–Crippen MR) is 123 cm³/mol. The van der Waals surface area contributed by atoms with E-state index in [2.05, 4.69) is 83.1 Å². The van der Waals surface area contributed by atoms with Gasteiger partial charge in [-0.1, -0.05) is 49.7 Å². The lowest BCUT2D eigenvalue weighted by atomic mass is 9.82. The first-order valence-electron chi connectivity index (χ1n) is 10.9. The zero-order valence-corrected chi connectivity index (χ0v) is 19.4. The van der Waals surface area contributed by atoms with Crippen LogP contribution < -0.4 is 0 Å². The molecule has 3 heteroatoms. The maximum Gasteiger partial charge on any atom is 0.363 e. The van der Waals surface area contributed by atoms with Gasteiger partial charge >= 0.3 is 5.97 Å². The van der Waals surface area contributed by atoms with Gasteiger partial charge in [0.1, 0.15) is 5.60 Å². The van der Waals surface area contributed by atoms with Gasteiger partial charge in [-0.3, -0.25) is 0 Å². The Morgan fingerprint density at radius 1 is 0.931 bits per heavy atom. The zero-order valence-electron chi connectivity index (χ0n) is 18.6. The van der Waals surface area contributed by atoms with Gasteiger partial charge in [0, 0.05) is 11.1 Å². The second-order valence-corrected chi connectivity index (χ2v) is 11.3. The summed E-state index contributed by atoms with van der Waals surface area (Å²) in [4.78, 5) is 16.2. The average molecular weight is 412 g/mol. The second-order valence-electron chi connectivity index (χ2n) is 8.83. The lowest BCUT2D eigenvalue weighted by Crippen LogP contribution is -2.48. The minimum Gasteiger partial charge on any atom is -0.455 e. The van der Waals surface area contributed by atoms with Crippen LogP contribution in [0.3, 0.4) is 0 Å². The van der Waals surface area contributed by atoms with Crippen molar-refractivity contribution in [3.8, 4) is 0 Å². The molecule has 0 bridgehead atoms. The number of carbonyl (C=O) groups excluding carboxylic acids is 1. The Bertz CT molecular complexity index is 804. The zero-order chi connectivity index (χ0) is 21.1. The van der Waals surface area contributed by atoms with Crippen molar-refractivity contribution >= 4 is 16.9 Å². The molecule has 1 aliphatic carbocycles. The molecule has 3 rings (SSSR count). The smallest absolute Gasteiger partial charge is 0.363 e. The van der Waals surface area contributed by atoms with Gasteiger partial charge < -0.3 is 4.74 Å². The summed E-state index contributed by atoms with van der Waals surface area (Å²) in [5, 5.41) is 0. The average Bonchev–Trinajstić information content (AvgIpc) is 2.71. The normalized spacial score (nSPS) is 16.6. The van der Waals surface area contributed by atoms with Crippen LogP contribution in [0.25, 0.3) is 0 Å². The summed E-state index contributed by atoms with van der Waals surface area (Å²) in [7, 11) is -0.414. The van der Waals surface area contributed by atoms with E-state index in [9.17, 15) is 4.79 Å². The molecule has 0 spiro atoms. The molecular formula is C26H35O2S+. The quantitative estimate of drug-likeness (QED) is 0.387. The van der Waals surface area contributed by atoms with Gasteiger partial charge in [-0.05, 0) is 71.9 Å². The summed E-state index contributed by atoms with van der Waals surface area (Å²) in [6.45, 7) is 10.6. The molecule has 156 valence electrons. The standard InChI is InChI=1S/C26H35O2S/c1-6-26(18-12-7-13-19-26)28-24(27)25(4,5)29(22-16-10-8-14-20(22)2)23-17-11-9-15-21(23)3/h8-11,14-17H,6-7,12-13,18-19H2,1-5H3/q+1. The molecule has 0 unspecified atom stereocenters. The summed E-state index contributed by atoms with van der Waals surface area (Å²) in [6, 6.07) is 16.9. The fourth-order valence-electron chi connectivity index (χ4n) is 4.37. The molecule has 2 aromatic rings. The molecule has 0 N–H and O–H groups in total. The minimum atomic E-state index is -0.641. The van der Waals surface area contributed by atoms with Gasteiger partial charge in [-0.2, -0.15) is 0 Å². The highest BCUT2D eigenvalue weighted by Gasteiger charge is 2.53. The molecule has 1 saturated carbocycles. The number of hydrogen-bond acceptors (Lipinski definition) is 2. The molecule has 0 aromatic heterocycles. The lowest BCUT2D eigenvalue weighted by Gasteiger charge is -2.38. The van der Waals surface area contributed by atoms with Crippen molar-refractivity contribution < 1.29 is 9.53 Å². The first kappa shape index (κ1) is 22.0. The lowest BCUT2D eigenvalue weighted by molar-refractivity contribution is -0.166. The number of hydrogen-bond donors (Lipinski definition) is 0. The fourth-order valence-corrected chi connectivity index (χ4v) is 7.12. The van der Waals surface area contributed by atoms with Crippen LogP contribution in [0.5, 0.6) is 0 Å². The number of benzene rings is 2. The molecule has 0 heterocycles. The monoisotopic (exact) mass is 411 g/mol. The molecule has 0 amide bonds. The Morgan fingerprint density at radius 3 is 1.86 bits per heavy atom. The van der Waals surface area contributed by atoms with E-state index in [1.807, 2.05) is 0 Å². The van der Waals surface area contributed by atoms with Crippen LogP contribution in [0.2, 0.25) is 0 Å². The summed E-state index contributed by atoms with van der Waals surface area (Å²) in [6.07, 6.45) is 6.45. The van der Waals surface area contributed by atoms with E-state index >= 15 is 0 Å². The first-order chi connectivity index (χ1) is 13.8. The highest BCUT2D eigenvalue weighted by atomic mass is 32.2. The summed E-state index contributed by atoms with van der Waals surface area (Å²) in [5.74, 6) is -0.0592. The number of rotatable bonds is 6. The van der Waals surface area contributed by atoms with Crippen molar-refractivity contribution in [2.75, 3.05) is 0 Å². The highest BCUT2D eigenvalue weighted by molar-refractivity contribution is 7.99. The molecule has 1 aliphatic rings. The number of ether oxygens (including phenoxy) is 1. The maximum atomic E-state index is 13.7. The van der Waals surface area contributed by atoms with Crippen LogP contribution >= 0.6 is 0 Å². The third kappa shape index (κ3) is 4.55. The number of aryl methyl sites for hydroxylation is 2. The van der Waals surface area contributed by atoms with Crippen LogP contribution in [-0.2, 0) is 20.4 Å². The topological polar surface area (TPSA) is 26.3 Å². The van der Waals surface area contributed by atoms with Crippen molar-refractivity contribution in [1.82, 2.24) is 0 Å². The van der Waals surface area contributed by atoms with Gasteiger partial charge in [0.05, 0.1) is 10.9 Å². The van der Waals surface area contributed by atoms with E-state index in [1.165, 1.54) is 27.3 Å². The third-order valence-electron chi connectivity index (χ3n) is 6.35. The van der Waals surface area contributed by atoms with Gasteiger partial charge in [0.2, 0.25) is 4.75 Å². The van der Waals surface area contributed by atoms with Crippen LogP contribution in [0.1, 0.15) is 70.4 Å². The summed E-state index contributed by atoms with van der Waals surface area (Å²) >= 11 is 0. The highest BCUT2D eigenvalue weighted by Crippen LogP contribution is 2.41. The van der Waals surface area contributed by atoms with Gasteiger partial charge in [0.25, 0.3) is 0 Å². The number of carbonyl (C=O) groups is 1. The van der Waals surface area contributed by atoms with Crippen LogP contribution in [0.15, 0.2) is 58.3 Å². The van der Waals surface area contributed by atoms with E-state index in [0.29, 0.717) is 0 Å². The Morgan fingerprint density at radius 2 is 1.41 bits per heavy atom. The first-order valence-corrected chi connectivity index (χ1v) is 12.1. The summed E-state index contributed by atoms with van der Waals surface area (Å²) < 4.78 is 5.72. The van der Waals surface area contributed by atoms with Crippen molar-refractivity contribution in [3.05, 3.63) is 59.7 Å². The third-order valence-corrected chi connectivity index (χ3v) is 9.33. The largest absolute Gasteiger partial charge is 0.455 e. The molecule has 0 radical (unpaired) electrons. The van der Waals surface area contributed by atoms with E-state index in [-0.39, 0.29) is 11.6 Å². The van der Waals surface area contributed by atoms with Crippen molar-refractivity contribution in [2.24, 2.45) is 0 Å². The molecule has 2 nitrogen and oxygen atoms in total.